The van der Waals surface area contributed by atoms with Crippen molar-refractivity contribution in [2.75, 3.05) is 18.4 Å². The summed E-state index contributed by atoms with van der Waals surface area (Å²) in [5.74, 6) is 0.365. The zero-order valence-corrected chi connectivity index (χ0v) is 14.6. The van der Waals surface area contributed by atoms with Crippen LogP contribution in [0.25, 0.3) is 0 Å². The van der Waals surface area contributed by atoms with E-state index in [0.717, 1.165) is 37.3 Å². The van der Waals surface area contributed by atoms with Crippen LogP contribution in [0.4, 0.5) is 11.6 Å². The van der Waals surface area contributed by atoms with Crippen LogP contribution < -0.4 is 5.32 Å². The lowest BCUT2D eigenvalue weighted by Crippen LogP contribution is -2.36. The lowest BCUT2D eigenvalue weighted by atomic mass is 10.1. The van der Waals surface area contributed by atoms with Crippen molar-refractivity contribution >= 4 is 23.3 Å². The third-order valence-corrected chi connectivity index (χ3v) is 4.26. The van der Waals surface area contributed by atoms with E-state index in [4.69, 9.17) is 0 Å². The summed E-state index contributed by atoms with van der Waals surface area (Å²) in [6, 6.07) is 8.82. The quantitative estimate of drug-likeness (QED) is 0.865. The maximum absolute atomic E-state index is 12.6. The van der Waals surface area contributed by atoms with Crippen LogP contribution in [0.2, 0.25) is 0 Å². The van der Waals surface area contributed by atoms with Crippen molar-refractivity contribution in [2.24, 2.45) is 0 Å². The van der Waals surface area contributed by atoms with Gasteiger partial charge in [-0.15, -0.1) is 0 Å². The largest absolute Gasteiger partial charge is 0.337 e. The number of anilines is 2. The summed E-state index contributed by atoms with van der Waals surface area (Å²) in [7, 11) is 0. The van der Waals surface area contributed by atoms with Crippen molar-refractivity contribution < 1.29 is 9.59 Å². The van der Waals surface area contributed by atoms with Crippen molar-refractivity contribution in [3.63, 3.8) is 0 Å². The Hall–Kier alpha value is -2.76. The fourth-order valence-electron chi connectivity index (χ4n) is 2.91. The number of hydrogen-bond donors (Lipinski definition) is 1. The number of Topliss-reactive ketones (excluding diaryl/α,β-unsaturated/α-hetero) is 1. The molecule has 0 aliphatic carbocycles. The van der Waals surface area contributed by atoms with Gasteiger partial charge in [-0.3, -0.25) is 9.59 Å². The minimum atomic E-state index is -0.0415. The van der Waals surface area contributed by atoms with E-state index in [1.54, 1.807) is 30.3 Å². The minimum absolute atomic E-state index is 0.0211. The molecule has 0 unspecified atom stereocenters. The molecule has 130 valence electrons. The molecule has 3 rings (SSSR count). The van der Waals surface area contributed by atoms with E-state index in [2.05, 4.69) is 15.3 Å². The van der Waals surface area contributed by atoms with Gasteiger partial charge in [-0.05, 0) is 63.4 Å². The normalized spacial score (nSPS) is 14.2. The molecule has 1 aromatic carbocycles. The summed E-state index contributed by atoms with van der Waals surface area (Å²) in [6.45, 7) is 4.96. The van der Waals surface area contributed by atoms with Crippen molar-refractivity contribution in [3.8, 4) is 0 Å². The van der Waals surface area contributed by atoms with Crippen LogP contribution in [0.3, 0.4) is 0 Å². The Bertz CT molecular complexity index is 781. The van der Waals surface area contributed by atoms with Crippen LogP contribution in [0.15, 0.2) is 30.3 Å². The van der Waals surface area contributed by atoms with Crippen LogP contribution in [0, 0.1) is 6.92 Å². The van der Waals surface area contributed by atoms with Crippen LogP contribution in [-0.4, -0.2) is 39.6 Å². The number of carbonyl (C=O) groups excluding carboxylic acids is 2. The first-order valence-electron chi connectivity index (χ1n) is 8.56. The summed E-state index contributed by atoms with van der Waals surface area (Å²) in [5, 5.41) is 3.10. The highest BCUT2D eigenvalue weighted by molar-refractivity contribution is 5.94. The highest BCUT2D eigenvalue weighted by Gasteiger charge is 2.20. The number of aromatic nitrogens is 2. The molecule has 1 saturated heterocycles. The lowest BCUT2D eigenvalue weighted by molar-refractivity contribution is 0.0718. The van der Waals surface area contributed by atoms with Gasteiger partial charge in [-0.25, -0.2) is 9.97 Å². The molecule has 0 bridgehead atoms. The highest BCUT2D eigenvalue weighted by atomic mass is 16.2. The van der Waals surface area contributed by atoms with Gasteiger partial charge >= 0.3 is 0 Å². The maximum Gasteiger partial charge on any atom is 0.272 e. The molecule has 2 heterocycles. The average molecular weight is 338 g/mol. The second kappa shape index (κ2) is 7.42. The summed E-state index contributed by atoms with van der Waals surface area (Å²) >= 11 is 0. The first-order chi connectivity index (χ1) is 12.0. The number of piperidine rings is 1. The van der Waals surface area contributed by atoms with Gasteiger partial charge < -0.3 is 10.2 Å². The second-order valence-corrected chi connectivity index (χ2v) is 6.33. The van der Waals surface area contributed by atoms with Crippen molar-refractivity contribution in [3.05, 3.63) is 47.3 Å². The van der Waals surface area contributed by atoms with Crippen molar-refractivity contribution in [2.45, 2.75) is 33.1 Å². The van der Waals surface area contributed by atoms with E-state index in [-0.39, 0.29) is 11.7 Å². The number of ketones is 1. The number of nitrogens with one attached hydrogen (secondary N) is 1. The van der Waals surface area contributed by atoms with E-state index in [0.29, 0.717) is 17.2 Å². The van der Waals surface area contributed by atoms with Gasteiger partial charge in [0.1, 0.15) is 5.69 Å². The Labute approximate surface area is 147 Å². The van der Waals surface area contributed by atoms with Gasteiger partial charge in [0.25, 0.3) is 5.91 Å². The molecule has 0 atom stereocenters. The fraction of sp³-hybridized carbons (Fsp3) is 0.368. The van der Waals surface area contributed by atoms with Crippen LogP contribution in [-0.2, 0) is 0 Å². The van der Waals surface area contributed by atoms with Gasteiger partial charge in [0, 0.05) is 30.0 Å². The van der Waals surface area contributed by atoms with E-state index >= 15 is 0 Å². The van der Waals surface area contributed by atoms with Crippen LogP contribution in [0.5, 0.6) is 0 Å². The molecule has 1 N–H and O–H groups in total. The Balaban J connectivity index is 1.79. The number of benzene rings is 1. The van der Waals surface area contributed by atoms with Gasteiger partial charge in [0.05, 0.1) is 0 Å². The molecule has 1 aliphatic heterocycles. The number of likely N-dealkylation sites (tertiary alicyclic amines) is 1. The molecule has 0 saturated carbocycles. The van der Waals surface area contributed by atoms with Crippen molar-refractivity contribution in [1.29, 1.82) is 0 Å². The Morgan fingerprint density at radius 1 is 1.04 bits per heavy atom. The predicted molar refractivity (Wildman–Crippen MR) is 96.3 cm³/mol. The third kappa shape index (κ3) is 4.21. The Kier molecular flexibility index (Phi) is 5.07. The highest BCUT2D eigenvalue weighted by Crippen LogP contribution is 2.17. The second-order valence-electron chi connectivity index (χ2n) is 6.33. The van der Waals surface area contributed by atoms with E-state index in [9.17, 15) is 9.59 Å². The summed E-state index contributed by atoms with van der Waals surface area (Å²) in [6.07, 6.45) is 3.27. The summed E-state index contributed by atoms with van der Waals surface area (Å²) in [5.41, 5.74) is 2.57. The zero-order chi connectivity index (χ0) is 17.8. The molecule has 1 fully saturated rings. The number of amides is 1. The third-order valence-electron chi connectivity index (χ3n) is 4.26. The molecule has 0 radical (unpaired) electrons. The van der Waals surface area contributed by atoms with Gasteiger partial charge in [0.2, 0.25) is 5.95 Å². The molecule has 0 spiro atoms. The van der Waals surface area contributed by atoms with Crippen LogP contribution in [0.1, 0.15) is 52.7 Å². The molecular formula is C19H22N4O2. The van der Waals surface area contributed by atoms with E-state index < -0.39 is 0 Å². The first kappa shape index (κ1) is 17.1. The Morgan fingerprint density at radius 3 is 2.36 bits per heavy atom. The predicted octanol–water partition coefficient (Wildman–Crippen LogP) is 3.36. The molecule has 6 heteroatoms. The molecule has 2 aromatic rings. The van der Waals surface area contributed by atoms with Gasteiger partial charge in [-0.2, -0.15) is 0 Å². The van der Waals surface area contributed by atoms with Gasteiger partial charge in [0.15, 0.2) is 5.78 Å². The summed E-state index contributed by atoms with van der Waals surface area (Å²) < 4.78 is 0. The number of carbonyl (C=O) groups is 2. The lowest BCUT2D eigenvalue weighted by Gasteiger charge is -2.26. The fourth-order valence-corrected chi connectivity index (χ4v) is 2.91. The SMILES string of the molecule is CC(=O)c1ccc(Nc2nc(C)cc(C(=O)N3CCCCC3)n2)cc1. The molecular weight excluding hydrogens is 316 g/mol. The number of aryl methyl sites for hydroxylation is 1. The molecule has 1 aliphatic rings. The maximum atomic E-state index is 12.6. The monoisotopic (exact) mass is 338 g/mol. The van der Waals surface area contributed by atoms with Crippen LogP contribution >= 0.6 is 0 Å². The smallest absolute Gasteiger partial charge is 0.272 e. The van der Waals surface area contributed by atoms with Gasteiger partial charge in [-0.1, -0.05) is 0 Å². The molecule has 1 amide bonds. The molecule has 1 aromatic heterocycles. The molecule has 6 nitrogen and oxygen atoms in total. The number of rotatable bonds is 4. The zero-order valence-electron chi connectivity index (χ0n) is 14.6. The molecule has 25 heavy (non-hydrogen) atoms. The van der Waals surface area contributed by atoms with E-state index in [1.165, 1.54) is 13.3 Å². The number of nitrogens with zero attached hydrogens (tertiary/aromatic N) is 3. The standard InChI is InChI=1S/C19H22N4O2/c1-13-12-17(18(25)23-10-4-3-5-11-23)22-19(20-13)21-16-8-6-15(7-9-16)14(2)24/h6-9,12H,3-5,10-11H2,1-2H3,(H,20,21,22). The minimum Gasteiger partial charge on any atom is -0.337 e. The topological polar surface area (TPSA) is 75.2 Å². The first-order valence-corrected chi connectivity index (χ1v) is 8.56. The van der Waals surface area contributed by atoms with Crippen molar-refractivity contribution in [1.82, 2.24) is 14.9 Å². The average Bonchev–Trinajstić information content (AvgIpc) is 2.62. The number of hydrogen-bond acceptors (Lipinski definition) is 5. The van der Waals surface area contributed by atoms with E-state index in [1.807, 2.05) is 11.8 Å². The summed E-state index contributed by atoms with van der Waals surface area (Å²) in [4.78, 5) is 34.6. The Morgan fingerprint density at radius 2 is 1.72 bits per heavy atom.